The van der Waals surface area contributed by atoms with Gasteiger partial charge in [0.1, 0.15) is 0 Å². The number of carbonyl (C=O) groups is 1. The number of hydrogen-bond acceptors (Lipinski definition) is 3. The summed E-state index contributed by atoms with van der Waals surface area (Å²) < 4.78 is 5.41. The summed E-state index contributed by atoms with van der Waals surface area (Å²) in [4.78, 5) is 17.5. The molecule has 1 aromatic rings. The number of piperidine rings is 1. The molecule has 0 aromatic heterocycles. The van der Waals surface area contributed by atoms with E-state index in [2.05, 4.69) is 9.80 Å². The van der Waals surface area contributed by atoms with Crippen LogP contribution in [0.4, 0.5) is 0 Å². The Balaban J connectivity index is 1.62. The smallest absolute Gasteiger partial charge is 0.254 e. The minimum Gasteiger partial charge on any atom is -0.379 e. The fourth-order valence-electron chi connectivity index (χ4n) is 3.67. The van der Waals surface area contributed by atoms with E-state index in [1.165, 1.54) is 6.42 Å². The molecule has 2 aliphatic rings. The first kappa shape index (κ1) is 16.5. The molecule has 0 unspecified atom stereocenters. The number of benzene rings is 1. The Morgan fingerprint density at radius 3 is 2.83 bits per heavy atom. The van der Waals surface area contributed by atoms with Crippen molar-refractivity contribution in [3.8, 4) is 0 Å². The summed E-state index contributed by atoms with van der Waals surface area (Å²) in [6.45, 7) is 7.76. The highest BCUT2D eigenvalue weighted by Crippen LogP contribution is 2.23. The standard InChI is InChI=1S/C19H28N2O2/c1-16-5-4-6-17(15-16)19(22)21-9-3-2-7-18(21)8-10-20-11-13-23-14-12-20/h4-6,15,18H,2-3,7-14H2,1H3/t18-/m0/s1. The largest absolute Gasteiger partial charge is 0.379 e. The van der Waals surface area contributed by atoms with Gasteiger partial charge in [-0.1, -0.05) is 17.7 Å². The highest BCUT2D eigenvalue weighted by molar-refractivity contribution is 5.94. The number of carbonyl (C=O) groups excluding carboxylic acids is 1. The number of ether oxygens (including phenoxy) is 1. The summed E-state index contributed by atoms with van der Waals surface area (Å²) in [5.74, 6) is 0.209. The fraction of sp³-hybridized carbons (Fsp3) is 0.632. The van der Waals surface area contributed by atoms with Gasteiger partial charge in [-0.3, -0.25) is 9.69 Å². The molecule has 4 heteroatoms. The van der Waals surface area contributed by atoms with Gasteiger partial charge >= 0.3 is 0 Å². The van der Waals surface area contributed by atoms with Crippen LogP contribution in [0.2, 0.25) is 0 Å². The number of aryl methyl sites for hydroxylation is 1. The number of likely N-dealkylation sites (tertiary alicyclic amines) is 1. The molecule has 0 radical (unpaired) electrons. The maximum atomic E-state index is 12.9. The van der Waals surface area contributed by atoms with Crippen LogP contribution in [0.25, 0.3) is 0 Å². The SMILES string of the molecule is Cc1cccc(C(=O)N2CCCC[C@H]2CCN2CCOCC2)c1. The Kier molecular flexibility index (Phi) is 5.68. The molecule has 0 N–H and O–H groups in total. The van der Waals surface area contributed by atoms with E-state index in [4.69, 9.17) is 4.74 Å². The number of hydrogen-bond donors (Lipinski definition) is 0. The molecule has 2 saturated heterocycles. The first-order valence-electron chi connectivity index (χ1n) is 8.92. The third-order valence-corrected chi connectivity index (χ3v) is 5.04. The van der Waals surface area contributed by atoms with Gasteiger partial charge in [-0.15, -0.1) is 0 Å². The van der Waals surface area contributed by atoms with Gasteiger partial charge in [-0.25, -0.2) is 0 Å². The van der Waals surface area contributed by atoms with Crippen LogP contribution in [0.5, 0.6) is 0 Å². The van der Waals surface area contributed by atoms with E-state index in [9.17, 15) is 4.79 Å². The molecule has 1 amide bonds. The van der Waals surface area contributed by atoms with Gasteiger partial charge < -0.3 is 9.64 Å². The monoisotopic (exact) mass is 316 g/mol. The van der Waals surface area contributed by atoms with Crippen molar-refractivity contribution >= 4 is 5.91 Å². The number of amides is 1. The predicted octanol–water partition coefficient (Wildman–Crippen LogP) is 2.71. The number of nitrogens with zero attached hydrogens (tertiary/aromatic N) is 2. The van der Waals surface area contributed by atoms with E-state index in [-0.39, 0.29) is 5.91 Å². The zero-order valence-electron chi connectivity index (χ0n) is 14.2. The first-order chi connectivity index (χ1) is 11.2. The molecule has 4 nitrogen and oxygen atoms in total. The third kappa shape index (κ3) is 4.33. The molecular weight excluding hydrogens is 288 g/mol. The van der Waals surface area contributed by atoms with E-state index in [1.807, 2.05) is 31.2 Å². The first-order valence-corrected chi connectivity index (χ1v) is 8.92. The maximum Gasteiger partial charge on any atom is 0.254 e. The highest BCUT2D eigenvalue weighted by atomic mass is 16.5. The summed E-state index contributed by atoms with van der Waals surface area (Å²) in [6, 6.07) is 8.37. The van der Waals surface area contributed by atoms with Crippen LogP contribution in [0.15, 0.2) is 24.3 Å². The van der Waals surface area contributed by atoms with E-state index >= 15 is 0 Å². The van der Waals surface area contributed by atoms with Crippen LogP contribution in [0, 0.1) is 6.92 Å². The molecule has 23 heavy (non-hydrogen) atoms. The van der Waals surface area contributed by atoms with Crippen molar-refractivity contribution in [2.45, 2.75) is 38.6 Å². The van der Waals surface area contributed by atoms with Gasteiger partial charge in [0, 0.05) is 37.8 Å². The average Bonchev–Trinajstić information content (AvgIpc) is 2.60. The highest BCUT2D eigenvalue weighted by Gasteiger charge is 2.27. The van der Waals surface area contributed by atoms with E-state index in [1.54, 1.807) is 0 Å². The molecule has 0 spiro atoms. The number of rotatable bonds is 4. The normalized spacial score (nSPS) is 23.0. The fourth-order valence-corrected chi connectivity index (χ4v) is 3.67. The van der Waals surface area contributed by atoms with Crippen molar-refractivity contribution in [1.29, 1.82) is 0 Å². The maximum absolute atomic E-state index is 12.9. The molecule has 1 atom stereocenters. The van der Waals surface area contributed by atoms with E-state index in [0.717, 1.165) is 69.8 Å². The lowest BCUT2D eigenvalue weighted by Gasteiger charge is -2.37. The molecule has 1 aromatic carbocycles. The van der Waals surface area contributed by atoms with Gasteiger partial charge in [-0.05, 0) is 44.7 Å². The molecule has 0 bridgehead atoms. The van der Waals surface area contributed by atoms with Crippen molar-refractivity contribution in [3.05, 3.63) is 35.4 Å². The topological polar surface area (TPSA) is 32.8 Å². The van der Waals surface area contributed by atoms with Crippen molar-refractivity contribution in [3.63, 3.8) is 0 Å². The summed E-state index contributed by atoms with van der Waals surface area (Å²) in [6.07, 6.45) is 4.59. The second-order valence-electron chi connectivity index (χ2n) is 6.76. The lowest BCUT2D eigenvalue weighted by molar-refractivity contribution is 0.0295. The lowest BCUT2D eigenvalue weighted by atomic mass is 9.97. The van der Waals surface area contributed by atoms with E-state index in [0.29, 0.717) is 6.04 Å². The molecule has 0 aliphatic carbocycles. The van der Waals surface area contributed by atoms with Crippen molar-refractivity contribution < 1.29 is 9.53 Å². The van der Waals surface area contributed by atoms with Gasteiger partial charge in [0.15, 0.2) is 0 Å². The molecule has 2 fully saturated rings. The van der Waals surface area contributed by atoms with Crippen LogP contribution in [-0.4, -0.2) is 61.1 Å². The Hall–Kier alpha value is -1.39. The van der Waals surface area contributed by atoms with Gasteiger partial charge in [0.25, 0.3) is 5.91 Å². The second kappa shape index (κ2) is 7.93. The number of morpholine rings is 1. The minimum absolute atomic E-state index is 0.209. The van der Waals surface area contributed by atoms with Gasteiger partial charge in [0.2, 0.25) is 0 Å². The van der Waals surface area contributed by atoms with Crippen LogP contribution in [-0.2, 0) is 4.74 Å². The molecule has 0 saturated carbocycles. The third-order valence-electron chi connectivity index (χ3n) is 5.04. The minimum atomic E-state index is 0.209. The predicted molar refractivity (Wildman–Crippen MR) is 91.7 cm³/mol. The lowest BCUT2D eigenvalue weighted by Crippen LogP contribution is -2.46. The van der Waals surface area contributed by atoms with Gasteiger partial charge in [-0.2, -0.15) is 0 Å². The molecule has 3 rings (SSSR count). The summed E-state index contributed by atoms with van der Waals surface area (Å²) >= 11 is 0. The quantitative estimate of drug-likeness (QED) is 0.856. The Morgan fingerprint density at radius 1 is 1.22 bits per heavy atom. The van der Waals surface area contributed by atoms with Gasteiger partial charge in [0.05, 0.1) is 13.2 Å². The second-order valence-corrected chi connectivity index (χ2v) is 6.76. The molecule has 2 aliphatic heterocycles. The van der Waals surface area contributed by atoms with E-state index < -0.39 is 0 Å². The van der Waals surface area contributed by atoms with Crippen LogP contribution in [0.1, 0.15) is 41.6 Å². The zero-order valence-corrected chi connectivity index (χ0v) is 14.2. The van der Waals surface area contributed by atoms with Crippen LogP contribution >= 0.6 is 0 Å². The summed E-state index contributed by atoms with van der Waals surface area (Å²) in [5.41, 5.74) is 1.99. The van der Waals surface area contributed by atoms with Crippen LogP contribution < -0.4 is 0 Å². The van der Waals surface area contributed by atoms with Crippen molar-refractivity contribution in [2.24, 2.45) is 0 Å². The van der Waals surface area contributed by atoms with Crippen molar-refractivity contribution in [2.75, 3.05) is 39.4 Å². The molecule has 2 heterocycles. The Morgan fingerprint density at radius 2 is 2.04 bits per heavy atom. The summed E-state index contributed by atoms with van der Waals surface area (Å²) in [5, 5.41) is 0. The van der Waals surface area contributed by atoms with Crippen LogP contribution in [0.3, 0.4) is 0 Å². The molecular formula is C19H28N2O2. The average molecular weight is 316 g/mol. The Bertz CT molecular complexity index is 526. The zero-order chi connectivity index (χ0) is 16.1. The molecule has 126 valence electrons. The summed E-state index contributed by atoms with van der Waals surface area (Å²) in [7, 11) is 0. The van der Waals surface area contributed by atoms with Crippen molar-refractivity contribution in [1.82, 2.24) is 9.80 Å². The Labute approximate surface area is 139 Å².